The summed E-state index contributed by atoms with van der Waals surface area (Å²) in [5.74, 6) is -2.71. The predicted octanol–water partition coefficient (Wildman–Crippen LogP) is 2.97. The topological polar surface area (TPSA) is 59.1 Å². The highest BCUT2D eigenvalue weighted by molar-refractivity contribution is 5.85. The molecule has 3 N–H and O–H groups in total. The first kappa shape index (κ1) is 14.7. The second kappa shape index (κ2) is 5.34. The first-order chi connectivity index (χ1) is 9.06. The SMILES string of the molecule is Cl.N[C@H]1C[C@@H]1c1ccc(-c2cc(O)c(F)c(F)c2)nc1. The van der Waals surface area contributed by atoms with E-state index in [0.29, 0.717) is 17.2 Å². The fourth-order valence-corrected chi connectivity index (χ4v) is 2.12. The molecule has 1 heterocycles. The average Bonchev–Trinajstić information content (AvgIpc) is 3.13. The third-order valence-electron chi connectivity index (χ3n) is 3.36. The minimum absolute atomic E-state index is 0. The Labute approximate surface area is 120 Å². The van der Waals surface area contributed by atoms with Crippen molar-refractivity contribution >= 4 is 12.4 Å². The summed E-state index contributed by atoms with van der Waals surface area (Å²) in [6.07, 6.45) is 2.64. The van der Waals surface area contributed by atoms with Crippen molar-refractivity contribution in [3.63, 3.8) is 0 Å². The second-order valence-electron chi connectivity index (χ2n) is 4.77. The monoisotopic (exact) mass is 298 g/mol. The lowest BCUT2D eigenvalue weighted by Gasteiger charge is -2.05. The van der Waals surface area contributed by atoms with Gasteiger partial charge in [0, 0.05) is 23.7 Å². The molecular weight excluding hydrogens is 286 g/mol. The van der Waals surface area contributed by atoms with E-state index in [1.807, 2.05) is 6.07 Å². The third kappa shape index (κ3) is 2.59. The fourth-order valence-electron chi connectivity index (χ4n) is 2.12. The highest BCUT2D eigenvalue weighted by Gasteiger charge is 2.34. The van der Waals surface area contributed by atoms with Gasteiger partial charge in [-0.3, -0.25) is 4.98 Å². The first-order valence-electron chi connectivity index (χ1n) is 5.96. The van der Waals surface area contributed by atoms with Crippen molar-refractivity contribution in [1.29, 1.82) is 0 Å². The number of nitrogens with two attached hydrogens (primary N) is 1. The molecule has 20 heavy (non-hydrogen) atoms. The summed E-state index contributed by atoms with van der Waals surface area (Å²) in [6.45, 7) is 0. The van der Waals surface area contributed by atoms with Crippen LogP contribution in [-0.4, -0.2) is 16.1 Å². The lowest BCUT2D eigenvalue weighted by atomic mass is 10.1. The van der Waals surface area contributed by atoms with Gasteiger partial charge in [0.1, 0.15) is 0 Å². The molecule has 0 saturated heterocycles. The van der Waals surface area contributed by atoms with E-state index >= 15 is 0 Å². The zero-order chi connectivity index (χ0) is 13.6. The van der Waals surface area contributed by atoms with E-state index in [-0.39, 0.29) is 18.4 Å². The van der Waals surface area contributed by atoms with Crippen LogP contribution in [0.25, 0.3) is 11.3 Å². The van der Waals surface area contributed by atoms with Gasteiger partial charge >= 0.3 is 0 Å². The van der Waals surface area contributed by atoms with E-state index in [2.05, 4.69) is 4.98 Å². The van der Waals surface area contributed by atoms with Crippen LogP contribution in [0.1, 0.15) is 17.9 Å². The van der Waals surface area contributed by atoms with Crippen LogP contribution < -0.4 is 5.73 Å². The molecule has 1 aromatic carbocycles. The van der Waals surface area contributed by atoms with E-state index in [4.69, 9.17) is 5.73 Å². The smallest absolute Gasteiger partial charge is 0.200 e. The number of pyridine rings is 1. The van der Waals surface area contributed by atoms with Gasteiger partial charge in [0.25, 0.3) is 0 Å². The molecule has 1 saturated carbocycles. The van der Waals surface area contributed by atoms with Crippen LogP contribution in [0.15, 0.2) is 30.5 Å². The number of hydrogen-bond donors (Lipinski definition) is 2. The van der Waals surface area contributed by atoms with Crippen molar-refractivity contribution in [1.82, 2.24) is 4.98 Å². The Hall–Kier alpha value is -1.72. The van der Waals surface area contributed by atoms with Crippen molar-refractivity contribution in [3.8, 4) is 17.0 Å². The van der Waals surface area contributed by atoms with Gasteiger partial charge in [0.05, 0.1) is 5.69 Å². The molecule has 1 aliphatic carbocycles. The largest absolute Gasteiger partial charge is 0.505 e. The maximum Gasteiger partial charge on any atom is 0.200 e. The van der Waals surface area contributed by atoms with Crippen molar-refractivity contribution < 1.29 is 13.9 Å². The summed E-state index contributed by atoms with van der Waals surface area (Å²) >= 11 is 0. The van der Waals surface area contributed by atoms with Crippen LogP contribution in [0.4, 0.5) is 8.78 Å². The lowest BCUT2D eigenvalue weighted by Crippen LogP contribution is -2.01. The zero-order valence-electron chi connectivity index (χ0n) is 10.4. The molecule has 0 spiro atoms. The molecule has 0 unspecified atom stereocenters. The Bertz CT molecular complexity index is 611. The normalized spacial score (nSPS) is 20.4. The quantitative estimate of drug-likeness (QED) is 0.896. The van der Waals surface area contributed by atoms with Crippen LogP contribution in [0.2, 0.25) is 0 Å². The van der Waals surface area contributed by atoms with Crippen LogP contribution in [0.3, 0.4) is 0 Å². The van der Waals surface area contributed by atoms with Gasteiger partial charge in [-0.05, 0) is 30.2 Å². The molecule has 1 aliphatic rings. The van der Waals surface area contributed by atoms with Gasteiger partial charge < -0.3 is 10.8 Å². The number of hydrogen-bond acceptors (Lipinski definition) is 3. The molecule has 3 nitrogen and oxygen atoms in total. The van der Waals surface area contributed by atoms with Crippen molar-refractivity contribution in [3.05, 3.63) is 47.7 Å². The number of phenols is 1. The number of aromatic hydroxyl groups is 1. The summed E-state index contributed by atoms with van der Waals surface area (Å²) < 4.78 is 26.2. The minimum Gasteiger partial charge on any atom is -0.505 e. The van der Waals surface area contributed by atoms with Gasteiger partial charge in [-0.25, -0.2) is 4.39 Å². The molecule has 0 amide bonds. The number of rotatable bonds is 2. The molecule has 1 aromatic heterocycles. The van der Waals surface area contributed by atoms with Gasteiger partial charge in [-0.1, -0.05) is 6.07 Å². The number of nitrogens with zero attached hydrogens (tertiary/aromatic N) is 1. The number of benzene rings is 1. The number of phenolic OH excluding ortho intramolecular Hbond substituents is 1. The van der Waals surface area contributed by atoms with E-state index in [9.17, 15) is 13.9 Å². The molecule has 2 atom stereocenters. The fraction of sp³-hybridized carbons (Fsp3) is 0.214. The Morgan fingerprint density at radius 3 is 2.45 bits per heavy atom. The average molecular weight is 299 g/mol. The second-order valence-corrected chi connectivity index (χ2v) is 4.77. The molecule has 2 aromatic rings. The van der Waals surface area contributed by atoms with E-state index in [1.54, 1.807) is 12.3 Å². The molecule has 0 radical (unpaired) electrons. The van der Waals surface area contributed by atoms with Crippen LogP contribution in [0, 0.1) is 11.6 Å². The number of halogens is 3. The Balaban J connectivity index is 0.00000147. The molecular formula is C14H13ClF2N2O. The Morgan fingerprint density at radius 1 is 1.25 bits per heavy atom. The van der Waals surface area contributed by atoms with Crippen LogP contribution in [0.5, 0.6) is 5.75 Å². The summed E-state index contributed by atoms with van der Waals surface area (Å²) in [6, 6.07) is 5.95. The molecule has 3 rings (SSSR count). The molecule has 1 fully saturated rings. The summed E-state index contributed by atoms with van der Waals surface area (Å²) in [5.41, 5.74) is 7.61. The predicted molar refractivity (Wildman–Crippen MR) is 73.8 cm³/mol. The van der Waals surface area contributed by atoms with Crippen molar-refractivity contribution in [2.24, 2.45) is 5.73 Å². The maximum absolute atomic E-state index is 13.2. The lowest BCUT2D eigenvalue weighted by molar-refractivity contribution is 0.407. The van der Waals surface area contributed by atoms with E-state index in [1.165, 1.54) is 0 Å². The molecule has 6 heteroatoms. The molecule has 0 bridgehead atoms. The summed E-state index contributed by atoms with van der Waals surface area (Å²) in [7, 11) is 0. The minimum atomic E-state index is -1.25. The molecule has 0 aliphatic heterocycles. The Morgan fingerprint density at radius 2 is 1.95 bits per heavy atom. The third-order valence-corrected chi connectivity index (χ3v) is 3.36. The van der Waals surface area contributed by atoms with Gasteiger partial charge in [0.2, 0.25) is 0 Å². The molecule has 106 valence electrons. The summed E-state index contributed by atoms with van der Waals surface area (Å²) in [5, 5.41) is 9.27. The van der Waals surface area contributed by atoms with Crippen LogP contribution in [-0.2, 0) is 0 Å². The van der Waals surface area contributed by atoms with Crippen LogP contribution >= 0.6 is 12.4 Å². The van der Waals surface area contributed by atoms with Crippen molar-refractivity contribution in [2.45, 2.75) is 18.4 Å². The van der Waals surface area contributed by atoms with Gasteiger partial charge in [-0.2, -0.15) is 4.39 Å². The standard InChI is InChI=1S/C14H12F2N2O.ClH/c15-10-3-8(4-13(19)14(10)16)12-2-1-7(6-18-12)9-5-11(9)17;/h1-4,6,9,11,19H,5,17H2;1H/t9-,11+;/m1./s1. The van der Waals surface area contributed by atoms with Gasteiger partial charge in [-0.15, -0.1) is 12.4 Å². The van der Waals surface area contributed by atoms with E-state index in [0.717, 1.165) is 24.1 Å². The van der Waals surface area contributed by atoms with Crippen molar-refractivity contribution in [2.75, 3.05) is 0 Å². The summed E-state index contributed by atoms with van der Waals surface area (Å²) in [4.78, 5) is 4.20. The highest BCUT2D eigenvalue weighted by Crippen LogP contribution is 2.39. The zero-order valence-corrected chi connectivity index (χ0v) is 11.2. The first-order valence-corrected chi connectivity index (χ1v) is 5.96. The Kier molecular flexibility index (Phi) is 3.92. The number of aromatic nitrogens is 1. The van der Waals surface area contributed by atoms with E-state index < -0.39 is 17.4 Å². The highest BCUT2D eigenvalue weighted by atomic mass is 35.5. The van der Waals surface area contributed by atoms with Gasteiger partial charge in [0.15, 0.2) is 17.4 Å². The maximum atomic E-state index is 13.2.